The Balaban J connectivity index is 2.07. The van der Waals surface area contributed by atoms with E-state index in [9.17, 15) is 19.8 Å². The van der Waals surface area contributed by atoms with Crippen molar-refractivity contribution < 1.29 is 34.0 Å². The summed E-state index contributed by atoms with van der Waals surface area (Å²) < 4.78 is 15.3. The predicted octanol–water partition coefficient (Wildman–Crippen LogP) is 4.24. The van der Waals surface area contributed by atoms with E-state index in [0.717, 1.165) is 12.2 Å². The number of allylic oxidation sites excluding steroid dienone is 3. The Morgan fingerprint density at radius 1 is 0.903 bits per heavy atom. The molecule has 2 aromatic rings. The highest BCUT2D eigenvalue weighted by molar-refractivity contribution is 6.02. The van der Waals surface area contributed by atoms with Gasteiger partial charge < -0.3 is 24.4 Å². The van der Waals surface area contributed by atoms with Crippen LogP contribution < -0.4 is 14.2 Å². The number of carbonyl (C=O) groups is 2. The zero-order chi connectivity index (χ0) is 22.8. The lowest BCUT2D eigenvalue weighted by Crippen LogP contribution is -2.04. The first-order valence-corrected chi connectivity index (χ1v) is 9.06. The van der Waals surface area contributed by atoms with Crippen LogP contribution in [0.2, 0.25) is 0 Å². The number of carbonyl (C=O) groups excluding carboxylic acids is 2. The van der Waals surface area contributed by atoms with Gasteiger partial charge in [-0.3, -0.25) is 4.79 Å². The summed E-state index contributed by atoms with van der Waals surface area (Å²) in [7, 11) is 2.86. The molecule has 0 aliphatic rings. The molecule has 2 aromatic carbocycles. The van der Waals surface area contributed by atoms with Crippen molar-refractivity contribution >= 4 is 23.9 Å². The van der Waals surface area contributed by atoms with Gasteiger partial charge in [0.2, 0.25) is 0 Å². The number of esters is 1. The van der Waals surface area contributed by atoms with Crippen molar-refractivity contribution in [2.45, 2.75) is 0 Å². The number of hydrogen-bond donors (Lipinski definition) is 2. The predicted molar refractivity (Wildman–Crippen MR) is 117 cm³/mol. The third-order valence-electron chi connectivity index (χ3n) is 3.95. The Morgan fingerprint density at radius 3 is 2.16 bits per heavy atom. The van der Waals surface area contributed by atoms with Gasteiger partial charge in [-0.2, -0.15) is 0 Å². The fraction of sp³-hybridized carbons (Fsp3) is 0.0833. The van der Waals surface area contributed by atoms with Crippen LogP contribution in [-0.2, 0) is 9.59 Å². The van der Waals surface area contributed by atoms with E-state index in [4.69, 9.17) is 14.2 Å². The van der Waals surface area contributed by atoms with Gasteiger partial charge in [0.25, 0.3) is 0 Å². The second kappa shape index (κ2) is 11.1. The molecule has 2 N–H and O–H groups in total. The number of phenolic OH excluding ortho intramolecular Hbond substituents is 1. The Labute approximate surface area is 179 Å². The van der Waals surface area contributed by atoms with E-state index in [1.807, 2.05) is 0 Å². The summed E-state index contributed by atoms with van der Waals surface area (Å²) in [5.41, 5.74) is 1.30. The summed E-state index contributed by atoms with van der Waals surface area (Å²) in [6, 6.07) is 9.45. The summed E-state index contributed by atoms with van der Waals surface area (Å²) in [4.78, 5) is 23.4. The van der Waals surface area contributed by atoms with Gasteiger partial charge in [-0.1, -0.05) is 30.9 Å². The van der Waals surface area contributed by atoms with Gasteiger partial charge in [-0.25, -0.2) is 4.79 Å². The minimum atomic E-state index is -0.612. The van der Waals surface area contributed by atoms with Crippen LogP contribution in [0.1, 0.15) is 11.1 Å². The average Bonchev–Trinajstić information content (AvgIpc) is 2.77. The van der Waals surface area contributed by atoms with Gasteiger partial charge in [0, 0.05) is 12.2 Å². The molecule has 0 unspecified atom stereocenters. The van der Waals surface area contributed by atoms with Gasteiger partial charge in [-0.15, -0.1) is 0 Å². The SMILES string of the molecule is C=CC(=O)Oc1ccc(/C=C/C(O)=C\C(=O)/C=C/c2ccc(O)c(OC)c2)cc1OC. The molecule has 0 bridgehead atoms. The zero-order valence-corrected chi connectivity index (χ0v) is 17.1. The standard InChI is InChI=1S/C24H22O7/c1-4-24(28)31-21-12-8-17(14-23(21)30-3)6-10-19(26)15-18(25)9-5-16-7-11-20(27)22(13-16)29-2/h4-15,26-27H,1H2,2-3H3/b9-5+,10-6+,19-15+. The highest BCUT2D eigenvalue weighted by atomic mass is 16.6. The smallest absolute Gasteiger partial charge is 0.335 e. The van der Waals surface area contributed by atoms with E-state index >= 15 is 0 Å². The van der Waals surface area contributed by atoms with Crippen LogP contribution in [0.4, 0.5) is 0 Å². The van der Waals surface area contributed by atoms with Gasteiger partial charge in [0.15, 0.2) is 28.8 Å². The summed E-state index contributed by atoms with van der Waals surface area (Å²) >= 11 is 0. The molecule has 0 fully saturated rings. The molecule has 7 nitrogen and oxygen atoms in total. The molecule has 0 aliphatic carbocycles. The molecular formula is C24H22O7. The maximum atomic E-state index is 12.0. The molecule has 0 heterocycles. The number of benzene rings is 2. The highest BCUT2D eigenvalue weighted by Gasteiger charge is 2.08. The molecular weight excluding hydrogens is 400 g/mol. The molecule has 0 spiro atoms. The van der Waals surface area contributed by atoms with Gasteiger partial charge in [-0.05, 0) is 47.5 Å². The first-order chi connectivity index (χ1) is 14.9. The first-order valence-electron chi connectivity index (χ1n) is 9.06. The summed E-state index contributed by atoms with van der Waals surface area (Å²) in [6.07, 6.45) is 7.82. The van der Waals surface area contributed by atoms with E-state index in [2.05, 4.69) is 6.58 Å². The summed E-state index contributed by atoms with van der Waals surface area (Å²) in [5, 5.41) is 19.6. The Bertz CT molecular complexity index is 1060. The molecule has 0 amide bonds. The quantitative estimate of drug-likeness (QED) is 0.205. The number of ether oxygens (including phenoxy) is 3. The van der Waals surface area contributed by atoms with Crippen LogP contribution in [0.5, 0.6) is 23.0 Å². The maximum Gasteiger partial charge on any atom is 0.335 e. The third kappa shape index (κ3) is 6.93. The lowest BCUT2D eigenvalue weighted by atomic mass is 10.1. The van der Waals surface area contributed by atoms with Crippen molar-refractivity contribution in [3.8, 4) is 23.0 Å². The highest BCUT2D eigenvalue weighted by Crippen LogP contribution is 2.29. The minimum Gasteiger partial charge on any atom is -0.508 e. The van der Waals surface area contributed by atoms with E-state index < -0.39 is 11.8 Å². The van der Waals surface area contributed by atoms with Crippen LogP contribution >= 0.6 is 0 Å². The second-order valence-electron chi connectivity index (χ2n) is 6.11. The number of ketones is 1. The Morgan fingerprint density at radius 2 is 1.52 bits per heavy atom. The second-order valence-corrected chi connectivity index (χ2v) is 6.11. The van der Waals surface area contributed by atoms with Crippen LogP contribution in [-0.4, -0.2) is 36.2 Å². The van der Waals surface area contributed by atoms with Crippen molar-refractivity contribution in [3.63, 3.8) is 0 Å². The van der Waals surface area contributed by atoms with Crippen LogP contribution in [0.3, 0.4) is 0 Å². The van der Waals surface area contributed by atoms with Gasteiger partial charge in [0.1, 0.15) is 5.76 Å². The van der Waals surface area contributed by atoms with Crippen LogP contribution in [0, 0.1) is 0 Å². The van der Waals surface area contributed by atoms with E-state index in [1.165, 1.54) is 38.5 Å². The van der Waals surface area contributed by atoms with Gasteiger partial charge in [0.05, 0.1) is 14.2 Å². The summed E-state index contributed by atoms with van der Waals surface area (Å²) in [6.45, 7) is 3.34. The van der Waals surface area contributed by atoms with Crippen molar-refractivity contribution in [2.75, 3.05) is 14.2 Å². The average molecular weight is 422 g/mol. The monoisotopic (exact) mass is 422 g/mol. The lowest BCUT2D eigenvalue weighted by Gasteiger charge is -2.08. The number of hydrogen-bond acceptors (Lipinski definition) is 7. The lowest BCUT2D eigenvalue weighted by molar-refractivity contribution is -0.129. The van der Waals surface area contributed by atoms with Crippen molar-refractivity contribution in [2.24, 2.45) is 0 Å². The number of methoxy groups -OCH3 is 2. The molecule has 0 aliphatic heterocycles. The fourth-order valence-electron chi connectivity index (χ4n) is 2.42. The fourth-order valence-corrected chi connectivity index (χ4v) is 2.42. The number of aliphatic hydroxyl groups is 1. The van der Waals surface area contributed by atoms with Crippen molar-refractivity contribution in [1.29, 1.82) is 0 Å². The molecule has 0 atom stereocenters. The normalized spacial score (nSPS) is 11.5. The number of aliphatic hydroxyl groups excluding tert-OH is 1. The van der Waals surface area contributed by atoms with E-state index in [1.54, 1.807) is 36.4 Å². The molecule has 160 valence electrons. The number of phenols is 1. The first kappa shape index (κ1) is 23.0. The molecule has 0 aromatic heterocycles. The third-order valence-corrected chi connectivity index (χ3v) is 3.95. The molecule has 0 saturated heterocycles. The molecule has 31 heavy (non-hydrogen) atoms. The van der Waals surface area contributed by atoms with Crippen molar-refractivity contribution in [1.82, 2.24) is 0 Å². The Kier molecular flexibility index (Phi) is 8.22. The van der Waals surface area contributed by atoms with E-state index in [0.29, 0.717) is 16.9 Å². The van der Waals surface area contributed by atoms with Crippen LogP contribution in [0.25, 0.3) is 12.2 Å². The topological polar surface area (TPSA) is 102 Å². The molecule has 2 rings (SSSR count). The zero-order valence-electron chi connectivity index (χ0n) is 17.1. The summed E-state index contributed by atoms with van der Waals surface area (Å²) in [5.74, 6) is -0.453. The van der Waals surface area contributed by atoms with Crippen molar-refractivity contribution in [3.05, 3.63) is 84.2 Å². The maximum absolute atomic E-state index is 12.0. The largest absolute Gasteiger partial charge is 0.508 e. The van der Waals surface area contributed by atoms with E-state index in [-0.39, 0.29) is 23.0 Å². The number of rotatable bonds is 9. The van der Waals surface area contributed by atoms with Crippen LogP contribution in [0.15, 0.2) is 73.0 Å². The minimum absolute atomic E-state index is 0.00261. The molecule has 0 radical (unpaired) electrons. The molecule has 7 heteroatoms. The molecule has 0 saturated carbocycles. The Hall–Kier alpha value is -4.26. The number of aromatic hydroxyl groups is 1. The van der Waals surface area contributed by atoms with Gasteiger partial charge >= 0.3 is 5.97 Å².